The van der Waals surface area contributed by atoms with Gasteiger partial charge in [0.1, 0.15) is 30.0 Å². The molecule has 0 saturated carbocycles. The van der Waals surface area contributed by atoms with Crippen LogP contribution in [0.2, 0.25) is 0 Å². The van der Waals surface area contributed by atoms with Crippen LogP contribution in [0, 0.1) is 34.3 Å². The molecule has 0 radical (unpaired) electrons. The second-order valence-corrected chi connectivity index (χ2v) is 17.8. The van der Waals surface area contributed by atoms with Gasteiger partial charge in [0.2, 0.25) is 0 Å². The van der Waals surface area contributed by atoms with Crippen LogP contribution >= 0.6 is 0 Å². The number of cyclic esters (lactones) is 1. The van der Waals surface area contributed by atoms with Crippen molar-refractivity contribution in [1.29, 1.82) is 5.26 Å². The number of nitriles is 1. The largest absolute Gasteiger partial charge is 0.633 e. The van der Waals surface area contributed by atoms with E-state index in [0.29, 0.717) is 0 Å². The summed E-state index contributed by atoms with van der Waals surface area (Å²) < 4.78 is 36.5. The Kier molecular flexibility index (Phi) is 16.1. The lowest BCUT2D eigenvalue weighted by atomic mass is 9.77. The lowest BCUT2D eigenvalue weighted by Gasteiger charge is -2.51. The third kappa shape index (κ3) is 10.9. The Morgan fingerprint density at radius 1 is 1.00 bits per heavy atom. The van der Waals surface area contributed by atoms with E-state index in [1.165, 1.54) is 28.1 Å². The number of nitrogens with zero attached hydrogens (tertiary/aromatic N) is 3. The number of carbonyl (C=O) groups is 1. The first-order chi connectivity index (χ1) is 25.2. The van der Waals surface area contributed by atoms with Crippen LogP contribution in [0.1, 0.15) is 94.9 Å². The molecule has 0 unspecified atom stereocenters. The summed E-state index contributed by atoms with van der Waals surface area (Å²) in [4.78, 5) is 16.0. The molecule has 0 aliphatic carbocycles. The zero-order chi connectivity index (χ0) is 42.0. The molecule has 0 aromatic rings. The molecule has 3 heterocycles. The van der Waals surface area contributed by atoms with Gasteiger partial charge in [-0.3, -0.25) is 9.69 Å². The number of hydroxylamine groups is 3. The van der Waals surface area contributed by atoms with E-state index in [1.807, 2.05) is 6.92 Å². The third-order valence-electron chi connectivity index (χ3n) is 12.4. The fraction of sp³-hybridized carbons (Fsp3) is 0.949. The number of likely N-dealkylation sites (N-methyl/N-ethyl adjacent to an activating group) is 1. The molecule has 0 bridgehead atoms. The molecule has 0 spiro atoms. The van der Waals surface area contributed by atoms with E-state index in [0.717, 1.165) is 0 Å². The molecular formula is C39H71N3O13. The monoisotopic (exact) mass is 789 g/mol. The SMILES string of the molecule is CC[C@H]1OC(=O)[C@H](C)[C@@H](O[C@H]2C[C@@](C)(OC)[C@@H](O)[C@H](C)O2)[C@H](C)[C@@H](O[C@@H]2O[C@H](C)C[C@H]([N+](C)(C)[O-])[C@H]2O)[C@](C)(O)C[C@@H](C)CN(CC#N)[C@H](C)[C@@H](O)[C@]1(C)O. The van der Waals surface area contributed by atoms with Gasteiger partial charge in [-0.2, -0.15) is 5.26 Å². The molecule has 55 heavy (non-hydrogen) atoms. The molecule has 16 heteroatoms. The minimum absolute atomic E-state index is 0.0715. The lowest BCUT2D eigenvalue weighted by molar-refractivity contribution is -0.874. The van der Waals surface area contributed by atoms with Gasteiger partial charge in [-0.1, -0.05) is 20.8 Å². The smallest absolute Gasteiger partial charge is 0.311 e. The zero-order valence-electron chi connectivity index (χ0n) is 35.2. The van der Waals surface area contributed by atoms with E-state index in [-0.39, 0.29) is 44.7 Å². The maximum Gasteiger partial charge on any atom is 0.311 e. The van der Waals surface area contributed by atoms with Gasteiger partial charge < -0.3 is 63.8 Å². The Morgan fingerprint density at radius 3 is 2.16 bits per heavy atom. The van der Waals surface area contributed by atoms with Gasteiger partial charge in [-0.15, -0.1) is 0 Å². The molecule has 3 aliphatic heterocycles. The lowest BCUT2D eigenvalue weighted by Crippen LogP contribution is -2.62. The standard InChI is InChI=1S/C39H71N3O13/c1-14-28-39(10,48)32(44)25(6)41(16-15-40)20-21(2)18-37(8,47)34(55-36-30(43)27(42(11,12)49)17-22(3)51-36)23(4)31(24(5)35(46)53-28)54-29-19-38(9,50-13)33(45)26(7)52-29/h21-34,36,43-45,47-48H,14,16-20H2,1-13H3/t21-,22-,23+,24-,25-,26+,27+,28-,29+,30-,31+,32-,33+,34-,36+,37-,38-,39-/m1/s1. The maximum absolute atomic E-state index is 14.3. The van der Waals surface area contributed by atoms with Crippen LogP contribution in [0.15, 0.2) is 0 Å². The Morgan fingerprint density at radius 2 is 1.62 bits per heavy atom. The molecule has 16 nitrogen and oxygen atoms in total. The highest BCUT2D eigenvalue weighted by Gasteiger charge is 2.53. The fourth-order valence-electron chi connectivity index (χ4n) is 9.01. The first kappa shape index (κ1) is 47.8. The van der Waals surface area contributed by atoms with Crippen LogP contribution in [0.25, 0.3) is 0 Å². The van der Waals surface area contributed by atoms with Crippen LogP contribution in [0.3, 0.4) is 0 Å². The van der Waals surface area contributed by atoms with Gasteiger partial charge in [0, 0.05) is 38.5 Å². The number of ether oxygens (including phenoxy) is 6. The highest BCUT2D eigenvalue weighted by Crippen LogP contribution is 2.40. The molecule has 0 aromatic carbocycles. The fourth-order valence-corrected chi connectivity index (χ4v) is 9.01. The van der Waals surface area contributed by atoms with E-state index >= 15 is 0 Å². The number of aliphatic hydroxyl groups is 5. The van der Waals surface area contributed by atoms with Gasteiger partial charge in [-0.25, -0.2) is 0 Å². The van der Waals surface area contributed by atoms with Gasteiger partial charge in [0.25, 0.3) is 0 Å². The highest BCUT2D eigenvalue weighted by atomic mass is 16.7. The van der Waals surface area contributed by atoms with Crippen molar-refractivity contribution in [2.24, 2.45) is 17.8 Å². The minimum Gasteiger partial charge on any atom is -0.633 e. The number of quaternary nitrogens is 1. The Balaban J connectivity index is 2.22. The molecule has 320 valence electrons. The van der Waals surface area contributed by atoms with E-state index in [2.05, 4.69) is 6.07 Å². The first-order valence-electron chi connectivity index (χ1n) is 19.8. The third-order valence-corrected chi connectivity index (χ3v) is 12.4. The summed E-state index contributed by atoms with van der Waals surface area (Å²) in [5.41, 5.74) is -4.73. The van der Waals surface area contributed by atoms with E-state index in [9.17, 15) is 40.8 Å². The van der Waals surface area contributed by atoms with E-state index < -0.39 is 113 Å². The predicted molar refractivity (Wildman–Crippen MR) is 201 cm³/mol. The Hall–Kier alpha value is -1.56. The van der Waals surface area contributed by atoms with Crippen molar-refractivity contribution in [3.63, 3.8) is 0 Å². The van der Waals surface area contributed by atoms with Crippen LogP contribution in [-0.4, -0.2) is 166 Å². The summed E-state index contributed by atoms with van der Waals surface area (Å²) in [5.74, 6) is -3.09. The number of methoxy groups -OCH3 is 1. The molecule has 18 atom stereocenters. The minimum atomic E-state index is -1.94. The molecule has 0 amide bonds. The van der Waals surface area contributed by atoms with Gasteiger partial charge in [0.15, 0.2) is 18.7 Å². The summed E-state index contributed by atoms with van der Waals surface area (Å²) in [7, 11) is 4.35. The van der Waals surface area contributed by atoms with Crippen molar-refractivity contribution < 1.29 is 63.4 Å². The zero-order valence-corrected chi connectivity index (χ0v) is 35.2. The number of esters is 1. The molecular weight excluding hydrogens is 718 g/mol. The molecule has 5 N–H and O–H groups in total. The predicted octanol–water partition coefficient (Wildman–Crippen LogP) is 1.81. The summed E-state index contributed by atoms with van der Waals surface area (Å²) >= 11 is 0. The number of hydrogen-bond donors (Lipinski definition) is 5. The van der Waals surface area contributed by atoms with Crippen LogP contribution < -0.4 is 0 Å². The molecule has 0 aromatic heterocycles. The van der Waals surface area contributed by atoms with E-state index in [4.69, 9.17) is 28.4 Å². The average Bonchev–Trinajstić information content (AvgIpc) is 3.09. The molecule has 3 aliphatic rings. The van der Waals surface area contributed by atoms with Crippen molar-refractivity contribution in [2.75, 3.05) is 34.3 Å². The molecule has 3 fully saturated rings. The van der Waals surface area contributed by atoms with Crippen molar-refractivity contribution in [3.8, 4) is 6.07 Å². The van der Waals surface area contributed by atoms with Gasteiger partial charge >= 0.3 is 5.97 Å². The van der Waals surface area contributed by atoms with Crippen molar-refractivity contribution >= 4 is 5.97 Å². The second kappa shape index (κ2) is 18.6. The summed E-state index contributed by atoms with van der Waals surface area (Å²) in [6, 6.07) is 0.553. The maximum atomic E-state index is 14.3. The number of aliphatic hydroxyl groups excluding tert-OH is 3. The van der Waals surface area contributed by atoms with Gasteiger partial charge in [-0.05, 0) is 67.2 Å². The second-order valence-electron chi connectivity index (χ2n) is 17.8. The van der Waals surface area contributed by atoms with Crippen molar-refractivity contribution in [2.45, 2.75) is 185 Å². The summed E-state index contributed by atoms with van der Waals surface area (Å²) in [6.45, 7) is 16.9. The van der Waals surface area contributed by atoms with E-state index in [1.54, 1.807) is 60.3 Å². The number of hydrogen-bond acceptors (Lipinski definition) is 15. The number of rotatable bonds is 8. The van der Waals surface area contributed by atoms with Crippen molar-refractivity contribution in [1.82, 2.24) is 4.90 Å². The highest BCUT2D eigenvalue weighted by molar-refractivity contribution is 5.73. The molecule has 3 saturated heterocycles. The summed E-state index contributed by atoms with van der Waals surface area (Å²) in [6.07, 6.45) is -10.3. The quantitative estimate of drug-likeness (QED) is 0.102. The average molecular weight is 790 g/mol. The summed E-state index contributed by atoms with van der Waals surface area (Å²) in [5, 5.41) is 81.4. The van der Waals surface area contributed by atoms with Crippen molar-refractivity contribution in [3.05, 3.63) is 5.21 Å². The number of carbonyl (C=O) groups excluding carboxylic acids is 1. The van der Waals surface area contributed by atoms with Crippen LogP contribution in [0.5, 0.6) is 0 Å². The molecule has 3 rings (SSSR count). The van der Waals surface area contributed by atoms with Crippen LogP contribution in [-0.2, 0) is 33.2 Å². The Bertz CT molecular complexity index is 1290. The normalized spacial score (nSPS) is 47.6. The van der Waals surface area contributed by atoms with Crippen LogP contribution in [0.4, 0.5) is 0 Å². The first-order valence-corrected chi connectivity index (χ1v) is 19.8. The van der Waals surface area contributed by atoms with Gasteiger partial charge in [0.05, 0.1) is 68.2 Å². The topological polar surface area (TPSA) is 224 Å². The Labute approximate surface area is 327 Å².